The van der Waals surface area contributed by atoms with Crippen molar-refractivity contribution in [1.29, 1.82) is 0 Å². The maximum atomic E-state index is 12.4. The average Bonchev–Trinajstić information content (AvgIpc) is 2.72. The van der Waals surface area contributed by atoms with Crippen LogP contribution in [0.15, 0.2) is 66.7 Å². The first-order chi connectivity index (χ1) is 13.7. The van der Waals surface area contributed by atoms with E-state index < -0.39 is 0 Å². The number of rotatable bonds is 8. The highest BCUT2D eigenvalue weighted by Crippen LogP contribution is 2.18. The van der Waals surface area contributed by atoms with Gasteiger partial charge in [0.05, 0.1) is 13.0 Å². The summed E-state index contributed by atoms with van der Waals surface area (Å²) in [5.74, 6) is 0.573. The van der Waals surface area contributed by atoms with Crippen molar-refractivity contribution < 1.29 is 14.3 Å². The molecule has 0 saturated carbocycles. The van der Waals surface area contributed by atoms with E-state index in [1.165, 1.54) is 0 Å². The smallest absolute Gasteiger partial charge is 0.251 e. The molecule has 28 heavy (non-hydrogen) atoms. The van der Waals surface area contributed by atoms with Gasteiger partial charge >= 0.3 is 0 Å². The fourth-order valence-corrected chi connectivity index (χ4v) is 3.01. The van der Waals surface area contributed by atoms with Crippen molar-refractivity contribution in [3.63, 3.8) is 0 Å². The van der Waals surface area contributed by atoms with Crippen LogP contribution in [0.1, 0.15) is 22.8 Å². The Morgan fingerprint density at radius 3 is 2.36 bits per heavy atom. The van der Waals surface area contributed by atoms with Crippen molar-refractivity contribution in [3.05, 3.63) is 77.9 Å². The molecule has 0 aliphatic heterocycles. The predicted octanol–water partition coefficient (Wildman–Crippen LogP) is 3.33. The monoisotopic (exact) mass is 376 g/mol. The average molecular weight is 376 g/mol. The second kappa shape index (κ2) is 9.55. The van der Waals surface area contributed by atoms with Crippen LogP contribution in [0.3, 0.4) is 0 Å². The van der Waals surface area contributed by atoms with E-state index in [0.29, 0.717) is 31.7 Å². The van der Waals surface area contributed by atoms with Crippen molar-refractivity contribution >= 4 is 22.6 Å². The van der Waals surface area contributed by atoms with Gasteiger partial charge in [0.2, 0.25) is 5.91 Å². The van der Waals surface area contributed by atoms with Gasteiger partial charge in [-0.1, -0.05) is 48.5 Å². The molecule has 0 aliphatic carbocycles. The summed E-state index contributed by atoms with van der Waals surface area (Å²) in [6.07, 6.45) is 0.295. The SMILES string of the molecule is CCOc1ccc(CC(=O)NCCNC(=O)c2cccc3ccccc23)cc1. The Bertz CT molecular complexity index is 946. The van der Waals surface area contributed by atoms with Crippen LogP contribution < -0.4 is 15.4 Å². The number of nitrogens with one attached hydrogen (secondary N) is 2. The van der Waals surface area contributed by atoms with Crippen LogP contribution in [-0.2, 0) is 11.2 Å². The summed E-state index contributed by atoms with van der Waals surface area (Å²) in [5, 5.41) is 7.64. The van der Waals surface area contributed by atoms with Gasteiger partial charge in [0.15, 0.2) is 0 Å². The van der Waals surface area contributed by atoms with Gasteiger partial charge in [-0.3, -0.25) is 9.59 Å². The zero-order valence-corrected chi connectivity index (χ0v) is 15.9. The standard InChI is InChI=1S/C23H24N2O3/c1-2-28-19-12-10-17(11-13-19)16-22(26)24-14-15-25-23(27)21-9-5-7-18-6-3-4-8-20(18)21/h3-13H,2,14-16H2,1H3,(H,24,26)(H,25,27). The summed E-state index contributed by atoms with van der Waals surface area (Å²) in [4.78, 5) is 24.5. The molecule has 2 N–H and O–H groups in total. The lowest BCUT2D eigenvalue weighted by atomic mass is 10.0. The van der Waals surface area contributed by atoms with Gasteiger partial charge < -0.3 is 15.4 Å². The van der Waals surface area contributed by atoms with E-state index in [9.17, 15) is 9.59 Å². The second-order valence-electron chi connectivity index (χ2n) is 6.39. The Morgan fingerprint density at radius 1 is 0.857 bits per heavy atom. The predicted molar refractivity (Wildman–Crippen MR) is 111 cm³/mol. The molecule has 3 aromatic carbocycles. The van der Waals surface area contributed by atoms with Crippen LogP contribution in [0.4, 0.5) is 0 Å². The lowest BCUT2D eigenvalue weighted by Gasteiger charge is -2.09. The quantitative estimate of drug-likeness (QED) is 0.593. The molecule has 5 nitrogen and oxygen atoms in total. The molecule has 0 spiro atoms. The largest absolute Gasteiger partial charge is 0.494 e. The molecule has 0 saturated heterocycles. The first-order valence-corrected chi connectivity index (χ1v) is 9.42. The normalized spacial score (nSPS) is 10.5. The number of ether oxygens (including phenoxy) is 1. The fourth-order valence-electron chi connectivity index (χ4n) is 3.01. The molecule has 0 bridgehead atoms. The zero-order valence-electron chi connectivity index (χ0n) is 15.9. The van der Waals surface area contributed by atoms with Crippen LogP contribution in [0.2, 0.25) is 0 Å². The van der Waals surface area contributed by atoms with Gasteiger partial charge in [0.1, 0.15) is 5.75 Å². The maximum absolute atomic E-state index is 12.4. The minimum Gasteiger partial charge on any atom is -0.494 e. The van der Waals surface area contributed by atoms with Crippen LogP contribution in [0, 0.1) is 0 Å². The van der Waals surface area contributed by atoms with Crippen LogP contribution in [0.25, 0.3) is 10.8 Å². The third kappa shape index (κ3) is 5.10. The highest BCUT2D eigenvalue weighted by Gasteiger charge is 2.09. The number of benzene rings is 3. The van der Waals surface area contributed by atoms with Crippen LogP contribution in [0.5, 0.6) is 5.75 Å². The Hall–Kier alpha value is -3.34. The van der Waals surface area contributed by atoms with Crippen molar-refractivity contribution in [3.8, 4) is 5.75 Å². The molecule has 0 heterocycles. The molecule has 144 valence electrons. The number of hydrogen-bond acceptors (Lipinski definition) is 3. The van der Waals surface area contributed by atoms with Crippen molar-refractivity contribution in [1.82, 2.24) is 10.6 Å². The zero-order chi connectivity index (χ0) is 19.8. The third-order valence-electron chi connectivity index (χ3n) is 4.37. The van der Waals surface area contributed by atoms with E-state index in [1.807, 2.05) is 73.7 Å². The summed E-state index contributed by atoms with van der Waals surface area (Å²) in [7, 11) is 0. The van der Waals surface area contributed by atoms with Crippen molar-refractivity contribution in [2.75, 3.05) is 19.7 Å². The van der Waals surface area contributed by atoms with Gasteiger partial charge in [0.25, 0.3) is 5.91 Å². The van der Waals surface area contributed by atoms with Gasteiger partial charge in [-0.15, -0.1) is 0 Å². The summed E-state index contributed by atoms with van der Waals surface area (Å²) in [6.45, 7) is 3.30. The van der Waals surface area contributed by atoms with E-state index in [1.54, 1.807) is 0 Å². The maximum Gasteiger partial charge on any atom is 0.251 e. The van der Waals surface area contributed by atoms with Crippen molar-refractivity contribution in [2.24, 2.45) is 0 Å². The molecule has 0 aliphatic rings. The van der Waals surface area contributed by atoms with Crippen LogP contribution >= 0.6 is 0 Å². The first kappa shape index (κ1) is 19.4. The summed E-state index contributed by atoms with van der Waals surface area (Å²) < 4.78 is 5.39. The molecule has 3 aromatic rings. The Balaban J connectivity index is 1.44. The molecule has 2 amide bonds. The fraction of sp³-hybridized carbons (Fsp3) is 0.217. The molecule has 0 radical (unpaired) electrons. The van der Waals surface area contributed by atoms with Crippen molar-refractivity contribution in [2.45, 2.75) is 13.3 Å². The lowest BCUT2D eigenvalue weighted by molar-refractivity contribution is -0.120. The van der Waals surface area contributed by atoms with Gasteiger partial charge in [-0.25, -0.2) is 0 Å². The van der Waals surface area contributed by atoms with Gasteiger partial charge in [-0.05, 0) is 41.5 Å². The third-order valence-corrected chi connectivity index (χ3v) is 4.37. The molecule has 0 unspecified atom stereocenters. The number of amides is 2. The van der Waals surface area contributed by atoms with Gasteiger partial charge in [0, 0.05) is 18.7 Å². The summed E-state index contributed by atoms with van der Waals surface area (Å²) in [5.41, 5.74) is 1.56. The molecule has 0 aromatic heterocycles. The number of carbonyl (C=O) groups is 2. The summed E-state index contributed by atoms with van der Waals surface area (Å²) >= 11 is 0. The lowest BCUT2D eigenvalue weighted by Crippen LogP contribution is -2.35. The minimum atomic E-state index is -0.141. The molecule has 5 heteroatoms. The van der Waals surface area contributed by atoms with Crippen LogP contribution in [-0.4, -0.2) is 31.5 Å². The molecular weight excluding hydrogens is 352 g/mol. The van der Waals surface area contributed by atoms with E-state index in [4.69, 9.17) is 4.74 Å². The number of fused-ring (bicyclic) bond motifs is 1. The van der Waals surface area contributed by atoms with Gasteiger partial charge in [-0.2, -0.15) is 0 Å². The molecule has 0 fully saturated rings. The van der Waals surface area contributed by atoms with E-state index >= 15 is 0 Å². The van der Waals surface area contributed by atoms with E-state index in [0.717, 1.165) is 22.1 Å². The highest BCUT2D eigenvalue weighted by atomic mass is 16.5. The Labute approximate surface area is 164 Å². The minimum absolute atomic E-state index is 0.0800. The number of hydrogen-bond donors (Lipinski definition) is 2. The molecule has 0 atom stereocenters. The first-order valence-electron chi connectivity index (χ1n) is 9.42. The Kier molecular flexibility index (Phi) is 6.63. The highest BCUT2D eigenvalue weighted by molar-refractivity contribution is 6.07. The topological polar surface area (TPSA) is 67.4 Å². The Morgan fingerprint density at radius 2 is 1.57 bits per heavy atom. The molecular formula is C23H24N2O3. The van der Waals surface area contributed by atoms with E-state index in [-0.39, 0.29) is 11.8 Å². The number of carbonyl (C=O) groups excluding carboxylic acids is 2. The molecule has 3 rings (SSSR count). The van der Waals surface area contributed by atoms with E-state index in [2.05, 4.69) is 10.6 Å². The second-order valence-corrected chi connectivity index (χ2v) is 6.39. The summed E-state index contributed by atoms with van der Waals surface area (Å²) in [6, 6.07) is 20.9.